The molecule has 0 spiro atoms. The Balaban J connectivity index is 1.86. The Morgan fingerprint density at radius 2 is 1.80 bits per heavy atom. The number of hydrogen-bond acceptors (Lipinski definition) is 3. The van der Waals surface area contributed by atoms with Gasteiger partial charge in [-0.1, -0.05) is 51.1 Å². The lowest BCUT2D eigenvalue weighted by Crippen LogP contribution is -2.50. The Morgan fingerprint density at radius 3 is 2.36 bits per heavy atom. The molecule has 0 bridgehead atoms. The van der Waals surface area contributed by atoms with Crippen molar-refractivity contribution in [3.63, 3.8) is 0 Å². The molecule has 0 unspecified atom stereocenters. The topological polar surface area (TPSA) is 38.7 Å². The van der Waals surface area contributed by atoms with Crippen LogP contribution in [-0.2, 0) is 15.8 Å². The van der Waals surface area contributed by atoms with Gasteiger partial charge in [-0.2, -0.15) is 0 Å². The predicted molar refractivity (Wildman–Crippen MR) is 106 cm³/mol. The average Bonchev–Trinajstić information content (AvgIpc) is 2.52. The molecule has 0 atom stereocenters. The molecule has 142 valence electrons. The zero-order valence-electron chi connectivity index (χ0n) is 16.7. The van der Waals surface area contributed by atoms with Gasteiger partial charge in [-0.3, -0.25) is 0 Å². The lowest BCUT2D eigenvalue weighted by molar-refractivity contribution is -0.111. The molecule has 0 radical (unpaired) electrons. The Bertz CT molecular complexity index is 516. The van der Waals surface area contributed by atoms with E-state index in [0.717, 1.165) is 32.3 Å². The van der Waals surface area contributed by atoms with Crippen molar-refractivity contribution in [3.8, 4) is 0 Å². The lowest BCUT2D eigenvalue weighted by Gasteiger charge is -2.50. The second kappa shape index (κ2) is 8.34. The summed E-state index contributed by atoms with van der Waals surface area (Å²) in [6.07, 6.45) is 4.31. The maximum atomic E-state index is 9.26. The van der Waals surface area contributed by atoms with Crippen LogP contribution < -0.4 is 0 Å². The van der Waals surface area contributed by atoms with Gasteiger partial charge < -0.3 is 14.3 Å². The Morgan fingerprint density at radius 1 is 1.16 bits per heavy atom. The van der Waals surface area contributed by atoms with E-state index >= 15 is 0 Å². The molecule has 1 fully saturated rings. The highest BCUT2D eigenvalue weighted by atomic mass is 28.4. The van der Waals surface area contributed by atoms with Gasteiger partial charge in [0.25, 0.3) is 0 Å². The summed E-state index contributed by atoms with van der Waals surface area (Å²) in [5, 5.41) is 9.50. The van der Waals surface area contributed by atoms with Crippen molar-refractivity contribution in [2.45, 2.75) is 77.3 Å². The van der Waals surface area contributed by atoms with Crippen LogP contribution in [0.1, 0.15) is 52.0 Å². The number of rotatable bonds is 9. The van der Waals surface area contributed by atoms with Crippen molar-refractivity contribution in [1.82, 2.24) is 0 Å². The largest absolute Gasteiger partial charge is 0.416 e. The molecule has 0 aliphatic heterocycles. The maximum Gasteiger partial charge on any atom is 0.192 e. The Labute approximate surface area is 154 Å². The highest BCUT2D eigenvalue weighted by molar-refractivity contribution is 6.74. The summed E-state index contributed by atoms with van der Waals surface area (Å²) in [6, 6.07) is 10.4. The average molecular weight is 365 g/mol. The summed E-state index contributed by atoms with van der Waals surface area (Å²) in [5.74, 6) is 0. The summed E-state index contributed by atoms with van der Waals surface area (Å²) in [4.78, 5) is 0. The van der Waals surface area contributed by atoms with Crippen LogP contribution in [0, 0.1) is 5.41 Å². The monoisotopic (exact) mass is 364 g/mol. The van der Waals surface area contributed by atoms with Crippen LogP contribution in [0.15, 0.2) is 30.3 Å². The van der Waals surface area contributed by atoms with Crippen LogP contribution in [0.2, 0.25) is 18.1 Å². The van der Waals surface area contributed by atoms with Gasteiger partial charge in [0.1, 0.15) is 0 Å². The number of ether oxygens (including phenoxy) is 1. The molecule has 1 aliphatic carbocycles. The first-order valence-electron chi connectivity index (χ1n) is 9.58. The van der Waals surface area contributed by atoms with Gasteiger partial charge in [0, 0.05) is 13.2 Å². The normalized spacial score (nSPS) is 24.2. The molecule has 1 aromatic rings. The molecule has 0 heterocycles. The van der Waals surface area contributed by atoms with E-state index in [2.05, 4.69) is 58.1 Å². The smallest absolute Gasteiger partial charge is 0.192 e. The van der Waals surface area contributed by atoms with E-state index in [4.69, 9.17) is 9.16 Å². The molecule has 0 saturated heterocycles. The third-order valence-electron chi connectivity index (χ3n) is 6.06. The molecule has 3 nitrogen and oxygen atoms in total. The minimum absolute atomic E-state index is 0.194. The Kier molecular flexibility index (Phi) is 6.88. The van der Waals surface area contributed by atoms with Crippen molar-refractivity contribution in [1.29, 1.82) is 0 Å². The quantitative estimate of drug-likeness (QED) is 0.616. The summed E-state index contributed by atoms with van der Waals surface area (Å²) >= 11 is 0. The summed E-state index contributed by atoms with van der Waals surface area (Å²) in [5.41, 5.74) is 1.42. The van der Waals surface area contributed by atoms with E-state index in [-0.39, 0.29) is 17.1 Å². The van der Waals surface area contributed by atoms with E-state index in [0.29, 0.717) is 12.7 Å². The molecule has 0 aromatic heterocycles. The standard InChI is InChI=1S/C21H36O3Si/c1-20(2,3)25(4,5)24-17-21(12-9-13-22)14-19(15-21)23-16-18-10-7-6-8-11-18/h6-8,10-11,19,22H,9,12-17H2,1-5H3. The van der Waals surface area contributed by atoms with Gasteiger partial charge in [-0.25, -0.2) is 0 Å². The molecule has 4 heteroatoms. The van der Waals surface area contributed by atoms with Crippen molar-refractivity contribution < 1.29 is 14.3 Å². The zero-order chi connectivity index (χ0) is 18.6. The molecule has 2 rings (SSSR count). The van der Waals surface area contributed by atoms with Crippen LogP contribution in [0.3, 0.4) is 0 Å². The SMILES string of the molecule is CC(C)(C)[Si](C)(C)OCC1(CCCO)CC(OCc2ccccc2)C1. The highest BCUT2D eigenvalue weighted by Crippen LogP contribution is 2.48. The van der Waals surface area contributed by atoms with Gasteiger partial charge >= 0.3 is 0 Å². The summed E-state index contributed by atoms with van der Waals surface area (Å²) < 4.78 is 12.6. The fourth-order valence-corrected chi connectivity index (χ4v) is 4.31. The lowest BCUT2D eigenvalue weighted by atomic mass is 9.64. The van der Waals surface area contributed by atoms with Crippen LogP contribution in [-0.4, -0.2) is 32.7 Å². The molecule has 25 heavy (non-hydrogen) atoms. The van der Waals surface area contributed by atoms with Gasteiger partial charge in [0.05, 0.1) is 12.7 Å². The van der Waals surface area contributed by atoms with Gasteiger partial charge in [-0.05, 0) is 54.8 Å². The van der Waals surface area contributed by atoms with Crippen LogP contribution in [0.4, 0.5) is 0 Å². The molecule has 0 amide bonds. The molecular formula is C21H36O3Si. The zero-order valence-corrected chi connectivity index (χ0v) is 17.7. The third kappa shape index (κ3) is 5.65. The Hall–Kier alpha value is -0.683. The number of hydrogen-bond donors (Lipinski definition) is 1. The van der Waals surface area contributed by atoms with E-state index < -0.39 is 8.32 Å². The van der Waals surface area contributed by atoms with E-state index in [1.165, 1.54) is 5.56 Å². The van der Waals surface area contributed by atoms with Crippen LogP contribution in [0.25, 0.3) is 0 Å². The molecule has 1 N–H and O–H groups in total. The van der Waals surface area contributed by atoms with Crippen molar-refractivity contribution >= 4 is 8.32 Å². The first kappa shape index (κ1) is 20.6. The van der Waals surface area contributed by atoms with Gasteiger partial charge in [0.15, 0.2) is 8.32 Å². The van der Waals surface area contributed by atoms with Gasteiger partial charge in [0.2, 0.25) is 0 Å². The molecular weight excluding hydrogens is 328 g/mol. The minimum atomic E-state index is -1.73. The first-order chi connectivity index (χ1) is 11.7. The van der Waals surface area contributed by atoms with Crippen LogP contribution >= 0.6 is 0 Å². The summed E-state index contributed by atoms with van der Waals surface area (Å²) in [6.45, 7) is 13.2. The second-order valence-electron chi connectivity index (χ2n) is 9.20. The highest BCUT2D eigenvalue weighted by Gasteiger charge is 2.47. The number of aliphatic hydroxyl groups excluding tert-OH is 1. The molecule has 1 aromatic carbocycles. The maximum absolute atomic E-state index is 9.26. The number of aliphatic hydroxyl groups is 1. The van der Waals surface area contributed by atoms with E-state index in [1.807, 2.05) is 6.07 Å². The molecule has 1 saturated carbocycles. The van der Waals surface area contributed by atoms with Crippen molar-refractivity contribution in [3.05, 3.63) is 35.9 Å². The third-order valence-corrected chi connectivity index (χ3v) is 10.5. The fourth-order valence-electron chi connectivity index (χ4n) is 3.21. The minimum Gasteiger partial charge on any atom is -0.416 e. The van der Waals surface area contributed by atoms with Crippen LogP contribution in [0.5, 0.6) is 0 Å². The van der Waals surface area contributed by atoms with Crippen molar-refractivity contribution in [2.24, 2.45) is 5.41 Å². The van der Waals surface area contributed by atoms with E-state index in [1.54, 1.807) is 0 Å². The van der Waals surface area contributed by atoms with Gasteiger partial charge in [-0.15, -0.1) is 0 Å². The molecule has 1 aliphatic rings. The first-order valence-corrected chi connectivity index (χ1v) is 12.5. The second-order valence-corrected chi connectivity index (χ2v) is 14.0. The van der Waals surface area contributed by atoms with Crippen molar-refractivity contribution in [2.75, 3.05) is 13.2 Å². The summed E-state index contributed by atoms with van der Waals surface area (Å²) in [7, 11) is -1.73. The predicted octanol–water partition coefficient (Wildman–Crippen LogP) is 5.15. The van der Waals surface area contributed by atoms with E-state index in [9.17, 15) is 5.11 Å². The fraction of sp³-hybridized carbons (Fsp3) is 0.714. The number of benzene rings is 1.